The lowest BCUT2D eigenvalue weighted by Crippen LogP contribution is -2.15. The van der Waals surface area contributed by atoms with Crippen LogP contribution < -0.4 is 5.32 Å². The molecule has 0 aliphatic heterocycles. The van der Waals surface area contributed by atoms with Crippen molar-refractivity contribution in [1.82, 2.24) is 5.32 Å². The second kappa shape index (κ2) is 4.57. The molecule has 0 radical (unpaired) electrons. The first-order valence-electron chi connectivity index (χ1n) is 3.86. The Balaban J connectivity index is 2.78. The number of amides is 1. The predicted molar refractivity (Wildman–Crippen MR) is 54.4 cm³/mol. The van der Waals surface area contributed by atoms with Crippen LogP contribution >= 0.6 is 11.3 Å². The summed E-state index contributed by atoms with van der Waals surface area (Å²) in [6.07, 6.45) is 2.50. The number of carboxylic acids is 1. The van der Waals surface area contributed by atoms with Gasteiger partial charge in [0.05, 0.1) is 4.88 Å². The molecule has 1 aromatic rings. The van der Waals surface area contributed by atoms with Crippen molar-refractivity contribution in [3.8, 4) is 0 Å². The second-order valence-corrected chi connectivity index (χ2v) is 3.57. The van der Waals surface area contributed by atoms with Gasteiger partial charge < -0.3 is 10.4 Å². The monoisotopic (exact) mass is 211 g/mol. The Morgan fingerprint density at radius 3 is 2.79 bits per heavy atom. The summed E-state index contributed by atoms with van der Waals surface area (Å²) in [5, 5.41) is 10.9. The smallest absolute Gasteiger partial charge is 0.328 e. The van der Waals surface area contributed by atoms with E-state index in [1.165, 1.54) is 17.4 Å². The lowest BCUT2D eigenvalue weighted by atomic mass is 10.4. The van der Waals surface area contributed by atoms with Crippen molar-refractivity contribution in [3.05, 3.63) is 28.0 Å². The van der Waals surface area contributed by atoms with Crippen LogP contribution in [-0.4, -0.2) is 24.0 Å². The first kappa shape index (κ1) is 10.5. The zero-order valence-electron chi connectivity index (χ0n) is 7.48. The zero-order valence-corrected chi connectivity index (χ0v) is 8.30. The number of carbonyl (C=O) groups is 2. The van der Waals surface area contributed by atoms with Gasteiger partial charge in [-0.15, -0.1) is 11.3 Å². The number of hydrogen-bond donors (Lipinski definition) is 2. The van der Waals surface area contributed by atoms with Crippen LogP contribution in [0.15, 0.2) is 18.2 Å². The average Bonchev–Trinajstić information content (AvgIpc) is 2.62. The van der Waals surface area contributed by atoms with Crippen LogP contribution in [0.4, 0.5) is 0 Å². The van der Waals surface area contributed by atoms with Crippen molar-refractivity contribution in [2.75, 3.05) is 7.05 Å². The summed E-state index contributed by atoms with van der Waals surface area (Å²) >= 11 is 1.25. The molecule has 1 rings (SSSR count). The minimum absolute atomic E-state index is 0.162. The zero-order chi connectivity index (χ0) is 10.6. The first-order valence-corrected chi connectivity index (χ1v) is 4.68. The van der Waals surface area contributed by atoms with E-state index in [1.807, 2.05) is 0 Å². The summed E-state index contributed by atoms with van der Waals surface area (Å²) in [6, 6.07) is 3.36. The van der Waals surface area contributed by atoms with Crippen LogP contribution in [0.3, 0.4) is 0 Å². The lowest BCUT2D eigenvalue weighted by Gasteiger charge is -1.91. The Morgan fingerprint density at radius 1 is 1.50 bits per heavy atom. The Bertz CT molecular complexity index is 381. The van der Waals surface area contributed by atoms with E-state index in [1.54, 1.807) is 19.2 Å². The fraction of sp³-hybridized carbons (Fsp3) is 0.111. The number of aliphatic carboxylic acids is 1. The van der Waals surface area contributed by atoms with Gasteiger partial charge in [0.1, 0.15) is 0 Å². The van der Waals surface area contributed by atoms with Gasteiger partial charge in [-0.1, -0.05) is 0 Å². The number of thiophene rings is 1. The molecule has 0 atom stereocenters. The Morgan fingerprint density at radius 2 is 2.21 bits per heavy atom. The topological polar surface area (TPSA) is 66.4 Å². The molecule has 1 aromatic heterocycles. The fourth-order valence-corrected chi connectivity index (χ4v) is 1.70. The number of carbonyl (C=O) groups excluding carboxylic acids is 1. The highest BCUT2D eigenvalue weighted by Crippen LogP contribution is 2.17. The van der Waals surface area contributed by atoms with Crippen LogP contribution in [-0.2, 0) is 4.79 Å². The highest BCUT2D eigenvalue weighted by atomic mass is 32.1. The Labute approximate surface area is 84.9 Å². The fourth-order valence-electron chi connectivity index (χ4n) is 0.841. The van der Waals surface area contributed by atoms with Crippen molar-refractivity contribution < 1.29 is 14.7 Å². The average molecular weight is 211 g/mol. The molecule has 0 saturated carbocycles. The van der Waals surface area contributed by atoms with Crippen molar-refractivity contribution in [1.29, 1.82) is 0 Å². The van der Waals surface area contributed by atoms with E-state index >= 15 is 0 Å². The number of carboxylic acid groups (broad SMARTS) is 1. The van der Waals surface area contributed by atoms with Gasteiger partial charge in [0.2, 0.25) is 0 Å². The molecule has 0 fully saturated rings. The molecule has 0 aliphatic rings. The number of hydrogen-bond acceptors (Lipinski definition) is 3. The molecule has 0 aromatic carbocycles. The maximum absolute atomic E-state index is 11.1. The summed E-state index contributed by atoms with van der Waals surface area (Å²) in [5.74, 6) is -1.16. The normalized spacial score (nSPS) is 10.4. The van der Waals surface area contributed by atoms with Crippen molar-refractivity contribution in [2.24, 2.45) is 0 Å². The highest BCUT2D eigenvalue weighted by Gasteiger charge is 2.05. The molecule has 2 N–H and O–H groups in total. The third kappa shape index (κ3) is 2.70. The molecule has 0 unspecified atom stereocenters. The molecule has 0 spiro atoms. The summed E-state index contributed by atoms with van der Waals surface area (Å²) < 4.78 is 0. The lowest BCUT2D eigenvalue weighted by molar-refractivity contribution is -0.131. The summed E-state index contributed by atoms with van der Waals surface area (Å²) in [4.78, 5) is 22.6. The Kier molecular flexibility index (Phi) is 3.41. The summed E-state index contributed by atoms with van der Waals surface area (Å²) in [6.45, 7) is 0. The summed E-state index contributed by atoms with van der Waals surface area (Å²) in [5.41, 5.74) is 0. The van der Waals surface area contributed by atoms with Gasteiger partial charge in [0, 0.05) is 18.0 Å². The number of rotatable bonds is 3. The van der Waals surface area contributed by atoms with Crippen LogP contribution in [0.2, 0.25) is 0 Å². The highest BCUT2D eigenvalue weighted by molar-refractivity contribution is 7.14. The molecule has 14 heavy (non-hydrogen) atoms. The maximum atomic E-state index is 11.1. The van der Waals surface area contributed by atoms with E-state index in [9.17, 15) is 9.59 Å². The van der Waals surface area contributed by atoms with E-state index in [0.29, 0.717) is 4.88 Å². The summed E-state index contributed by atoms with van der Waals surface area (Å²) in [7, 11) is 1.55. The van der Waals surface area contributed by atoms with Crippen molar-refractivity contribution >= 4 is 29.3 Å². The standard InChI is InChI=1S/C9H9NO3S/c1-10-9(13)7-4-2-6(14-7)3-5-8(11)12/h2-5H,1H3,(H,10,13)(H,11,12). The van der Waals surface area contributed by atoms with Gasteiger partial charge in [-0.25, -0.2) is 4.79 Å². The van der Waals surface area contributed by atoms with Gasteiger partial charge in [-0.2, -0.15) is 0 Å². The Hall–Kier alpha value is -1.62. The van der Waals surface area contributed by atoms with Crippen molar-refractivity contribution in [2.45, 2.75) is 0 Å². The van der Waals surface area contributed by atoms with Gasteiger partial charge in [-0.3, -0.25) is 4.79 Å². The largest absolute Gasteiger partial charge is 0.478 e. The molecule has 1 amide bonds. The van der Waals surface area contributed by atoms with E-state index in [4.69, 9.17) is 5.11 Å². The predicted octanol–water partition coefficient (Wildman–Crippen LogP) is 1.21. The van der Waals surface area contributed by atoms with Crippen molar-refractivity contribution in [3.63, 3.8) is 0 Å². The van der Waals surface area contributed by atoms with Crippen LogP contribution in [0.25, 0.3) is 6.08 Å². The van der Waals surface area contributed by atoms with E-state index in [-0.39, 0.29) is 5.91 Å². The minimum Gasteiger partial charge on any atom is -0.478 e. The first-order chi connectivity index (χ1) is 6.63. The van der Waals surface area contributed by atoms with Crippen LogP contribution in [0.1, 0.15) is 14.5 Å². The molecule has 5 heteroatoms. The quantitative estimate of drug-likeness (QED) is 0.738. The molecule has 74 valence electrons. The van der Waals surface area contributed by atoms with E-state index in [2.05, 4.69) is 5.32 Å². The third-order valence-corrected chi connectivity index (χ3v) is 2.52. The second-order valence-electron chi connectivity index (χ2n) is 2.45. The van der Waals surface area contributed by atoms with E-state index < -0.39 is 5.97 Å². The molecule has 1 heterocycles. The molecule has 0 aliphatic carbocycles. The van der Waals surface area contributed by atoms with Crippen LogP contribution in [0.5, 0.6) is 0 Å². The van der Waals surface area contributed by atoms with Gasteiger partial charge in [-0.05, 0) is 18.2 Å². The van der Waals surface area contributed by atoms with Crippen LogP contribution in [0, 0.1) is 0 Å². The maximum Gasteiger partial charge on any atom is 0.328 e. The molecular formula is C9H9NO3S. The van der Waals surface area contributed by atoms with Gasteiger partial charge in [0.25, 0.3) is 5.91 Å². The molecule has 0 saturated heterocycles. The number of nitrogens with one attached hydrogen (secondary N) is 1. The van der Waals surface area contributed by atoms with E-state index in [0.717, 1.165) is 11.0 Å². The van der Waals surface area contributed by atoms with Gasteiger partial charge in [0.15, 0.2) is 0 Å². The molecule has 0 bridgehead atoms. The van der Waals surface area contributed by atoms with Gasteiger partial charge >= 0.3 is 5.97 Å². The third-order valence-electron chi connectivity index (χ3n) is 1.47. The molecular weight excluding hydrogens is 202 g/mol. The molecule has 4 nitrogen and oxygen atoms in total. The SMILES string of the molecule is CNC(=O)c1ccc(C=CC(=O)O)s1. The minimum atomic E-state index is -1.00.